The van der Waals surface area contributed by atoms with Crippen molar-refractivity contribution < 1.29 is 96.4 Å². The first-order valence-electron chi connectivity index (χ1n) is 19.3. The second-order valence-electron chi connectivity index (χ2n) is 12.8. The second-order valence-corrected chi connectivity index (χ2v) is 12.8. The number of aliphatic hydroxyl groups is 8. The highest BCUT2D eigenvalue weighted by Gasteiger charge is 2.50. The van der Waals surface area contributed by atoms with Gasteiger partial charge in [0.15, 0.2) is 23.0 Å². The van der Waals surface area contributed by atoms with E-state index in [1.807, 2.05) is 0 Å². The summed E-state index contributed by atoms with van der Waals surface area (Å²) in [5.74, 6) is -2.47. The van der Waals surface area contributed by atoms with E-state index in [2.05, 4.69) is 0 Å². The number of benzene rings is 2. The Kier molecular flexibility index (Phi) is 9.59. The predicted octanol–water partition coefficient (Wildman–Crippen LogP) is -1.85. The van der Waals surface area contributed by atoms with E-state index in [0.717, 1.165) is 0 Å². The lowest BCUT2D eigenvalue weighted by atomic mass is 9.84. The van der Waals surface area contributed by atoms with E-state index in [1.54, 1.807) is 0 Å². The Labute approximate surface area is 306 Å². The zero-order chi connectivity index (χ0) is 42.4. The molecular formula is C34H46O18. The van der Waals surface area contributed by atoms with E-state index < -0.39 is 113 Å². The molecule has 14 atom stereocenters. The molecule has 4 heterocycles. The van der Waals surface area contributed by atoms with Crippen LogP contribution in [0.15, 0.2) is 24.3 Å². The van der Waals surface area contributed by atoms with Crippen LogP contribution in [0.4, 0.5) is 0 Å². The van der Waals surface area contributed by atoms with Crippen molar-refractivity contribution in [3.8, 4) is 34.5 Å². The summed E-state index contributed by atoms with van der Waals surface area (Å²) in [6, 6.07) is 5.60. The number of hydrogen-bond acceptors (Lipinski definition) is 18. The number of hydrogen-bond donors (Lipinski definition) is 8. The average molecular weight is 749 g/mol. The summed E-state index contributed by atoms with van der Waals surface area (Å²) in [7, 11) is -3.54. The fraction of sp³-hybridized carbons (Fsp3) is 0.647. The normalized spacial score (nSPS) is 39.5. The van der Waals surface area contributed by atoms with Gasteiger partial charge in [-0.1, -0.05) is 0 Å². The van der Waals surface area contributed by atoms with Gasteiger partial charge >= 0.3 is 0 Å². The van der Waals surface area contributed by atoms with Gasteiger partial charge in [0.05, 0.1) is 75.2 Å². The molecule has 6 rings (SSSR count). The van der Waals surface area contributed by atoms with Crippen LogP contribution in [0, 0.1) is 11.8 Å². The Morgan fingerprint density at radius 2 is 0.942 bits per heavy atom. The highest BCUT2D eigenvalue weighted by molar-refractivity contribution is 5.56. The maximum atomic E-state index is 10.6. The molecule has 0 amide bonds. The van der Waals surface area contributed by atoms with E-state index in [0.29, 0.717) is 11.1 Å². The van der Waals surface area contributed by atoms with E-state index >= 15 is 0 Å². The lowest BCUT2D eigenvalue weighted by Crippen LogP contribution is -2.60. The monoisotopic (exact) mass is 748 g/mol. The third-order valence-corrected chi connectivity index (χ3v) is 9.83. The molecule has 0 spiro atoms. The molecular weight excluding hydrogens is 696 g/mol. The van der Waals surface area contributed by atoms with Gasteiger partial charge in [0.2, 0.25) is 24.1 Å². The highest BCUT2D eigenvalue weighted by atomic mass is 16.7. The molecule has 2 aromatic carbocycles. The van der Waals surface area contributed by atoms with Gasteiger partial charge in [0.1, 0.15) is 48.8 Å². The SMILES string of the molecule is [2H]C([2H])([2H])Oc1cc(C2OCC3C(c4cc(OC)c(O[C@@H]5O[C@H](CO)[C@@H](O)C(O)[C@H]5O)c(OC([2H])([2H])[2H])c4)OCC23)cc(OC)c1O[C@@H]1O[C@H](CO)[C@@H](O)[C@H](O)[C@H]1O. The molecule has 18 heteroatoms. The van der Waals surface area contributed by atoms with Crippen LogP contribution in [0.2, 0.25) is 0 Å². The lowest BCUT2D eigenvalue weighted by Gasteiger charge is -2.39. The largest absolute Gasteiger partial charge is 0.493 e. The first-order chi connectivity index (χ1) is 27.3. The molecule has 2 aromatic rings. The van der Waals surface area contributed by atoms with Crippen LogP contribution in [0.5, 0.6) is 34.5 Å². The van der Waals surface area contributed by atoms with Crippen LogP contribution in [-0.4, -0.2) is 157 Å². The van der Waals surface area contributed by atoms with Gasteiger partial charge in [-0.05, 0) is 35.4 Å². The van der Waals surface area contributed by atoms with Gasteiger partial charge in [-0.25, -0.2) is 0 Å². The van der Waals surface area contributed by atoms with Crippen LogP contribution in [-0.2, 0) is 18.9 Å². The van der Waals surface area contributed by atoms with Gasteiger partial charge in [-0.15, -0.1) is 0 Å². The van der Waals surface area contributed by atoms with Crippen molar-refractivity contribution in [2.75, 3.05) is 54.7 Å². The fourth-order valence-corrected chi connectivity index (χ4v) is 7.01. The Morgan fingerprint density at radius 3 is 1.27 bits per heavy atom. The third kappa shape index (κ3) is 6.94. The fourth-order valence-electron chi connectivity index (χ4n) is 7.01. The summed E-state index contributed by atoms with van der Waals surface area (Å²) in [6.07, 6.45) is -18.3. The molecule has 18 nitrogen and oxygen atoms in total. The molecule has 0 radical (unpaired) electrons. The van der Waals surface area contributed by atoms with Crippen LogP contribution in [0.3, 0.4) is 0 Å². The van der Waals surface area contributed by atoms with Gasteiger partial charge in [-0.2, -0.15) is 0 Å². The Balaban J connectivity index is 1.30. The van der Waals surface area contributed by atoms with Crippen LogP contribution < -0.4 is 28.4 Å². The maximum Gasteiger partial charge on any atom is 0.229 e. The standard InChI is InChI=1S/C34H46O18/c1-43-17-5-13(6-18(44-2)31(17)51-33-27(41)25(39)23(37)21(9-35)49-33)29-15-11-48-30(16(15)12-47-29)14-7-19(45-3)32(20(8-14)46-4)52-34-28(42)26(40)24(38)22(10-36)50-34/h5-8,15-16,21-30,33-42H,9-12H2,1-4H3/t15?,16?,21-,22-,23-,24-,25+,26?,27-,28-,29?,30?,33+,34+/m1/s1/i1D3,3D3. The van der Waals surface area contributed by atoms with Crippen molar-refractivity contribution in [1.82, 2.24) is 0 Å². The predicted molar refractivity (Wildman–Crippen MR) is 172 cm³/mol. The topological polar surface area (TPSA) is 254 Å². The Morgan fingerprint density at radius 1 is 0.577 bits per heavy atom. The zero-order valence-electron chi connectivity index (χ0n) is 33.9. The molecule has 290 valence electrons. The molecule has 4 aliphatic rings. The average Bonchev–Trinajstić information content (AvgIpc) is 3.78. The first-order valence-corrected chi connectivity index (χ1v) is 16.3. The smallest absolute Gasteiger partial charge is 0.229 e. The van der Waals surface area contributed by atoms with Gasteiger partial charge < -0.3 is 88.2 Å². The van der Waals surface area contributed by atoms with E-state index in [-0.39, 0.29) is 47.7 Å². The number of ether oxygens (including phenoxy) is 10. The molecule has 0 bridgehead atoms. The van der Waals surface area contributed by atoms with Crippen molar-refractivity contribution >= 4 is 0 Å². The number of rotatable bonds is 12. The molecule has 4 fully saturated rings. The van der Waals surface area contributed by atoms with E-state index in [1.165, 1.54) is 38.5 Å². The van der Waals surface area contributed by atoms with Crippen LogP contribution in [0.1, 0.15) is 31.6 Å². The van der Waals surface area contributed by atoms with Crippen molar-refractivity contribution in [2.45, 2.75) is 73.6 Å². The number of methoxy groups -OCH3 is 4. The molecule has 8 N–H and O–H groups in total. The number of fused-ring (bicyclic) bond motifs is 1. The molecule has 4 aliphatic heterocycles. The quantitative estimate of drug-likeness (QED) is 0.119. The summed E-state index contributed by atoms with van der Waals surface area (Å²) < 4.78 is 103. The second kappa shape index (κ2) is 16.0. The van der Waals surface area contributed by atoms with Gasteiger partial charge in [0.25, 0.3) is 0 Å². The van der Waals surface area contributed by atoms with E-state index in [9.17, 15) is 40.9 Å². The molecule has 0 aliphatic carbocycles. The first kappa shape index (κ1) is 31.1. The number of aliphatic hydroxyl groups excluding tert-OH is 8. The van der Waals surface area contributed by atoms with Gasteiger partial charge in [-0.3, -0.25) is 0 Å². The molecule has 4 saturated heterocycles. The van der Waals surface area contributed by atoms with Crippen molar-refractivity contribution in [3.63, 3.8) is 0 Å². The van der Waals surface area contributed by atoms with E-state index in [4.69, 9.17) is 55.6 Å². The summed E-state index contributed by atoms with van der Waals surface area (Å²) in [5, 5.41) is 81.4. The minimum Gasteiger partial charge on any atom is -0.493 e. The minimum atomic E-state index is -3.02. The summed E-state index contributed by atoms with van der Waals surface area (Å²) >= 11 is 0. The molecule has 5 unspecified atom stereocenters. The highest BCUT2D eigenvalue weighted by Crippen LogP contribution is 2.54. The lowest BCUT2D eigenvalue weighted by molar-refractivity contribution is -0.277. The summed E-state index contributed by atoms with van der Waals surface area (Å²) in [4.78, 5) is 0. The maximum absolute atomic E-state index is 10.6. The van der Waals surface area contributed by atoms with Crippen molar-refractivity contribution in [1.29, 1.82) is 0 Å². The van der Waals surface area contributed by atoms with Crippen molar-refractivity contribution in [3.05, 3.63) is 35.4 Å². The van der Waals surface area contributed by atoms with Crippen LogP contribution in [0.25, 0.3) is 0 Å². The van der Waals surface area contributed by atoms with Crippen LogP contribution >= 0.6 is 0 Å². The molecule has 0 saturated carbocycles. The molecule has 0 aromatic heterocycles. The summed E-state index contributed by atoms with van der Waals surface area (Å²) in [5.41, 5.74) is 0.725. The summed E-state index contributed by atoms with van der Waals surface area (Å²) in [6.45, 7) is -1.32. The van der Waals surface area contributed by atoms with Crippen molar-refractivity contribution in [2.24, 2.45) is 11.8 Å². The Hall–Kier alpha value is -3.24. The van der Waals surface area contributed by atoms with Gasteiger partial charge in [0, 0.05) is 11.8 Å². The Bertz CT molecular complexity index is 1610. The zero-order valence-corrected chi connectivity index (χ0v) is 27.9. The molecule has 52 heavy (non-hydrogen) atoms. The minimum absolute atomic E-state index is 0.0851. The third-order valence-electron chi connectivity index (χ3n) is 9.83.